The van der Waals surface area contributed by atoms with Gasteiger partial charge in [0.1, 0.15) is 11.6 Å². The third kappa shape index (κ3) is 2.50. The standard InChI is InChI=1S/C18H21N3O4/c1-24-12-7-10(8-13(25-2)17(12)23)11-9-15(22)20-18-16(11)19-14-5-3-4-6-21(14)18/h7-8,11,23H,3-6,9H2,1-2H3,(H,20,22)/t11-/m0/s1. The second kappa shape index (κ2) is 5.98. The van der Waals surface area contributed by atoms with Crippen molar-refractivity contribution < 1.29 is 19.4 Å². The summed E-state index contributed by atoms with van der Waals surface area (Å²) in [4.78, 5) is 17.1. The van der Waals surface area contributed by atoms with Crippen molar-refractivity contribution in [3.63, 3.8) is 0 Å². The number of phenols is 1. The molecule has 0 spiro atoms. The predicted molar refractivity (Wildman–Crippen MR) is 91.5 cm³/mol. The zero-order chi connectivity index (χ0) is 17.6. The van der Waals surface area contributed by atoms with Gasteiger partial charge < -0.3 is 24.5 Å². The minimum absolute atomic E-state index is 0.0308. The van der Waals surface area contributed by atoms with Crippen LogP contribution in [0.1, 0.15) is 42.3 Å². The quantitative estimate of drug-likeness (QED) is 0.894. The van der Waals surface area contributed by atoms with Crippen LogP contribution in [0.2, 0.25) is 0 Å². The molecule has 2 N–H and O–H groups in total. The molecule has 0 unspecified atom stereocenters. The summed E-state index contributed by atoms with van der Waals surface area (Å²) >= 11 is 0. The molecule has 2 aromatic rings. The van der Waals surface area contributed by atoms with Crippen LogP contribution in [-0.4, -0.2) is 34.8 Å². The number of phenolic OH excluding ortho intramolecular Hbond substituents is 1. The molecule has 1 aromatic carbocycles. The lowest BCUT2D eigenvalue weighted by Gasteiger charge is -2.24. The van der Waals surface area contributed by atoms with Crippen LogP contribution in [-0.2, 0) is 17.8 Å². The van der Waals surface area contributed by atoms with Gasteiger partial charge in [-0.15, -0.1) is 0 Å². The number of hydrogen-bond acceptors (Lipinski definition) is 5. The summed E-state index contributed by atoms with van der Waals surface area (Å²) in [6, 6.07) is 3.51. The van der Waals surface area contributed by atoms with E-state index in [-0.39, 0.29) is 17.6 Å². The Labute approximate surface area is 145 Å². The van der Waals surface area contributed by atoms with Crippen LogP contribution >= 0.6 is 0 Å². The van der Waals surface area contributed by atoms with E-state index in [2.05, 4.69) is 9.88 Å². The highest BCUT2D eigenvalue weighted by atomic mass is 16.5. The van der Waals surface area contributed by atoms with Gasteiger partial charge >= 0.3 is 0 Å². The average molecular weight is 343 g/mol. The van der Waals surface area contributed by atoms with E-state index >= 15 is 0 Å². The highest BCUT2D eigenvalue weighted by molar-refractivity contribution is 5.94. The summed E-state index contributed by atoms with van der Waals surface area (Å²) in [6.07, 6.45) is 3.45. The Kier molecular flexibility index (Phi) is 3.78. The smallest absolute Gasteiger partial charge is 0.226 e. The Morgan fingerprint density at radius 3 is 2.64 bits per heavy atom. The molecule has 7 heteroatoms. The molecule has 2 aliphatic heterocycles. The number of benzene rings is 1. The van der Waals surface area contributed by atoms with Crippen LogP contribution in [0.3, 0.4) is 0 Å². The molecule has 2 aliphatic rings. The summed E-state index contributed by atoms with van der Waals surface area (Å²) in [7, 11) is 2.99. The van der Waals surface area contributed by atoms with Gasteiger partial charge in [0.15, 0.2) is 11.5 Å². The average Bonchev–Trinajstić information content (AvgIpc) is 3.00. The number of nitrogens with zero attached hydrogens (tertiary/aromatic N) is 2. The van der Waals surface area contributed by atoms with Crippen molar-refractivity contribution in [2.45, 2.75) is 38.1 Å². The van der Waals surface area contributed by atoms with E-state index in [1.54, 1.807) is 12.1 Å². The van der Waals surface area contributed by atoms with E-state index in [0.29, 0.717) is 17.9 Å². The van der Waals surface area contributed by atoms with Gasteiger partial charge in [-0.1, -0.05) is 0 Å². The maximum atomic E-state index is 12.3. The van der Waals surface area contributed by atoms with Crippen LogP contribution in [0.25, 0.3) is 0 Å². The van der Waals surface area contributed by atoms with Crippen molar-refractivity contribution in [1.29, 1.82) is 0 Å². The van der Waals surface area contributed by atoms with Crippen molar-refractivity contribution in [2.24, 2.45) is 0 Å². The van der Waals surface area contributed by atoms with Gasteiger partial charge in [0, 0.05) is 25.3 Å². The molecule has 7 nitrogen and oxygen atoms in total. The molecular formula is C18H21N3O4. The Balaban J connectivity index is 1.85. The highest BCUT2D eigenvalue weighted by Gasteiger charge is 2.34. The van der Waals surface area contributed by atoms with Crippen LogP contribution in [0, 0.1) is 0 Å². The minimum Gasteiger partial charge on any atom is -0.502 e. The van der Waals surface area contributed by atoms with Gasteiger partial charge in [-0.05, 0) is 30.5 Å². The fourth-order valence-electron chi connectivity index (χ4n) is 3.73. The lowest BCUT2D eigenvalue weighted by atomic mass is 9.89. The fourth-order valence-corrected chi connectivity index (χ4v) is 3.73. The van der Waals surface area contributed by atoms with Gasteiger partial charge in [-0.3, -0.25) is 4.79 Å². The van der Waals surface area contributed by atoms with Crippen molar-refractivity contribution >= 4 is 11.7 Å². The Bertz CT molecular complexity index is 818. The second-order valence-electron chi connectivity index (χ2n) is 6.45. The van der Waals surface area contributed by atoms with E-state index in [9.17, 15) is 9.90 Å². The summed E-state index contributed by atoms with van der Waals surface area (Å²) in [6.45, 7) is 0.882. The van der Waals surface area contributed by atoms with E-state index < -0.39 is 0 Å². The molecule has 1 aromatic heterocycles. The first-order chi connectivity index (χ1) is 12.1. The van der Waals surface area contributed by atoms with E-state index in [1.807, 2.05) is 0 Å². The number of fused-ring (bicyclic) bond motifs is 3. The third-order valence-corrected chi connectivity index (χ3v) is 4.99. The van der Waals surface area contributed by atoms with Crippen molar-refractivity contribution in [3.05, 3.63) is 29.2 Å². The van der Waals surface area contributed by atoms with Crippen LogP contribution in [0.5, 0.6) is 17.2 Å². The normalized spacial score (nSPS) is 19.0. The minimum atomic E-state index is -0.190. The maximum absolute atomic E-state index is 12.3. The second-order valence-corrected chi connectivity index (χ2v) is 6.45. The molecule has 1 atom stereocenters. The molecule has 132 valence electrons. The molecule has 0 saturated heterocycles. The number of aromatic hydroxyl groups is 1. The number of aryl methyl sites for hydroxylation is 1. The Hall–Kier alpha value is -2.70. The van der Waals surface area contributed by atoms with Crippen LogP contribution in [0.15, 0.2) is 12.1 Å². The number of carbonyl (C=O) groups is 1. The van der Waals surface area contributed by atoms with Gasteiger partial charge in [-0.25, -0.2) is 4.98 Å². The number of amides is 1. The number of anilines is 1. The number of imidazole rings is 1. The number of carbonyl (C=O) groups excluding carboxylic acids is 1. The molecule has 4 rings (SSSR count). The Morgan fingerprint density at radius 2 is 1.96 bits per heavy atom. The summed E-state index contributed by atoms with van der Waals surface area (Å²) in [5, 5.41) is 13.1. The number of hydrogen-bond donors (Lipinski definition) is 2. The first-order valence-electron chi connectivity index (χ1n) is 8.46. The summed E-state index contributed by atoms with van der Waals surface area (Å²) < 4.78 is 12.6. The number of aromatic nitrogens is 2. The van der Waals surface area contributed by atoms with Crippen molar-refractivity contribution in [3.8, 4) is 17.2 Å². The lowest BCUT2D eigenvalue weighted by Crippen LogP contribution is -2.25. The van der Waals surface area contributed by atoms with Gasteiger partial charge in [0.25, 0.3) is 0 Å². The first kappa shape index (κ1) is 15.8. The topological polar surface area (TPSA) is 85.6 Å². The largest absolute Gasteiger partial charge is 0.502 e. The third-order valence-electron chi connectivity index (χ3n) is 4.99. The molecule has 25 heavy (non-hydrogen) atoms. The molecule has 0 saturated carbocycles. The zero-order valence-electron chi connectivity index (χ0n) is 14.3. The molecule has 0 radical (unpaired) electrons. The maximum Gasteiger partial charge on any atom is 0.226 e. The molecular weight excluding hydrogens is 322 g/mol. The number of ether oxygens (including phenoxy) is 2. The van der Waals surface area contributed by atoms with Crippen molar-refractivity contribution in [1.82, 2.24) is 9.55 Å². The number of rotatable bonds is 3. The molecule has 0 aliphatic carbocycles. The molecule has 3 heterocycles. The summed E-state index contributed by atoms with van der Waals surface area (Å²) in [5.74, 6) is 2.22. The highest BCUT2D eigenvalue weighted by Crippen LogP contribution is 2.44. The van der Waals surface area contributed by atoms with E-state index in [4.69, 9.17) is 14.5 Å². The molecule has 0 bridgehead atoms. The predicted octanol–water partition coefficient (Wildman–Crippen LogP) is 2.42. The van der Waals surface area contributed by atoms with Gasteiger partial charge in [0.05, 0.1) is 19.9 Å². The first-order valence-corrected chi connectivity index (χ1v) is 8.46. The van der Waals surface area contributed by atoms with Crippen LogP contribution < -0.4 is 14.8 Å². The fraction of sp³-hybridized carbons (Fsp3) is 0.444. The van der Waals surface area contributed by atoms with Crippen LogP contribution in [0.4, 0.5) is 5.82 Å². The van der Waals surface area contributed by atoms with Gasteiger partial charge in [0.2, 0.25) is 11.7 Å². The SMILES string of the molecule is COc1cc([C@@H]2CC(=O)Nc3c2nc2n3CCCC2)cc(OC)c1O. The zero-order valence-corrected chi connectivity index (χ0v) is 14.3. The van der Waals surface area contributed by atoms with Crippen molar-refractivity contribution in [2.75, 3.05) is 19.5 Å². The monoisotopic (exact) mass is 343 g/mol. The lowest BCUT2D eigenvalue weighted by molar-refractivity contribution is -0.116. The van der Waals surface area contributed by atoms with Gasteiger partial charge in [-0.2, -0.15) is 0 Å². The number of methoxy groups -OCH3 is 2. The Morgan fingerprint density at radius 1 is 1.24 bits per heavy atom. The molecule has 0 fully saturated rings. The van der Waals surface area contributed by atoms with E-state index in [1.165, 1.54) is 14.2 Å². The molecule has 1 amide bonds. The summed E-state index contributed by atoms with van der Waals surface area (Å²) in [5.41, 5.74) is 1.73. The van der Waals surface area contributed by atoms with E-state index in [0.717, 1.165) is 48.7 Å². The number of nitrogens with one attached hydrogen (secondary N) is 1.